The molecule has 0 spiro atoms. The van der Waals surface area contributed by atoms with Gasteiger partial charge in [-0.05, 0) is 38.1 Å². The van der Waals surface area contributed by atoms with Crippen molar-refractivity contribution in [2.45, 2.75) is 26.4 Å². The van der Waals surface area contributed by atoms with E-state index >= 15 is 0 Å². The quantitative estimate of drug-likeness (QED) is 0.472. The Kier molecular flexibility index (Phi) is 5.70. The molecule has 1 unspecified atom stereocenters. The lowest BCUT2D eigenvalue weighted by Crippen LogP contribution is -2.36. The molecule has 0 aliphatic heterocycles. The van der Waals surface area contributed by atoms with Crippen molar-refractivity contribution in [2.24, 2.45) is 0 Å². The highest BCUT2D eigenvalue weighted by Crippen LogP contribution is 2.31. The molecule has 0 radical (unpaired) electrons. The van der Waals surface area contributed by atoms with E-state index in [-0.39, 0.29) is 12.1 Å². The number of aromatic nitrogens is 2. The van der Waals surface area contributed by atoms with E-state index in [1.54, 1.807) is 10.9 Å². The van der Waals surface area contributed by atoms with Crippen molar-refractivity contribution in [2.75, 3.05) is 6.61 Å². The van der Waals surface area contributed by atoms with Gasteiger partial charge in [-0.15, -0.1) is 0 Å². The van der Waals surface area contributed by atoms with Crippen LogP contribution >= 0.6 is 0 Å². The maximum Gasteiger partial charge on any atom is 0.315 e. The number of benzene rings is 2. The van der Waals surface area contributed by atoms with E-state index in [4.69, 9.17) is 9.15 Å². The van der Waals surface area contributed by atoms with E-state index in [0.717, 1.165) is 16.6 Å². The van der Waals surface area contributed by atoms with Crippen molar-refractivity contribution in [3.63, 3.8) is 0 Å². The second-order valence-corrected chi connectivity index (χ2v) is 6.93. The van der Waals surface area contributed by atoms with Gasteiger partial charge in [-0.25, -0.2) is 9.48 Å². The number of nitrogens with one attached hydrogen (secondary N) is 2. The number of nitrogens with zero attached hydrogens (tertiary/aromatic N) is 2. The highest BCUT2D eigenvalue weighted by Gasteiger charge is 2.16. The standard InChI is InChI=1S/C23H24N4O3/c1-3-29-20-11-7-8-18-12-21(30-22(18)20)16(2)26-23(28)24-13-17-14-25-27(15-17)19-9-5-4-6-10-19/h4-12,14-16H,3,13H2,1-2H3,(H2,24,26,28). The summed E-state index contributed by atoms with van der Waals surface area (Å²) >= 11 is 0. The molecule has 1 atom stereocenters. The van der Waals surface area contributed by atoms with Crippen LogP contribution in [0.3, 0.4) is 0 Å². The van der Waals surface area contributed by atoms with Crippen molar-refractivity contribution < 1.29 is 13.9 Å². The molecule has 2 aromatic carbocycles. The molecule has 30 heavy (non-hydrogen) atoms. The molecule has 2 N–H and O–H groups in total. The average molecular weight is 404 g/mol. The first kappa shape index (κ1) is 19.6. The van der Waals surface area contributed by atoms with E-state index in [0.29, 0.717) is 30.2 Å². The fourth-order valence-corrected chi connectivity index (χ4v) is 3.21. The first-order valence-corrected chi connectivity index (χ1v) is 9.92. The predicted octanol–water partition coefficient (Wildman–Crippen LogP) is 4.58. The molecule has 0 bridgehead atoms. The van der Waals surface area contributed by atoms with Gasteiger partial charge in [0.2, 0.25) is 0 Å². The van der Waals surface area contributed by atoms with Crippen molar-refractivity contribution in [1.82, 2.24) is 20.4 Å². The summed E-state index contributed by atoms with van der Waals surface area (Å²) in [5.74, 6) is 1.37. The Hall–Kier alpha value is -3.74. The molecule has 0 aliphatic carbocycles. The number of hydrogen-bond donors (Lipinski definition) is 2. The number of carbonyl (C=O) groups is 1. The van der Waals surface area contributed by atoms with Gasteiger partial charge in [-0.3, -0.25) is 0 Å². The van der Waals surface area contributed by atoms with Crippen LogP contribution in [0.1, 0.15) is 31.2 Å². The van der Waals surface area contributed by atoms with E-state index in [1.807, 2.05) is 74.6 Å². The van der Waals surface area contributed by atoms with Crippen molar-refractivity contribution in [3.8, 4) is 11.4 Å². The van der Waals surface area contributed by atoms with Gasteiger partial charge in [0.15, 0.2) is 11.3 Å². The fourth-order valence-electron chi connectivity index (χ4n) is 3.21. The molecule has 7 nitrogen and oxygen atoms in total. The number of rotatable bonds is 7. The summed E-state index contributed by atoms with van der Waals surface area (Å²) in [6, 6.07) is 16.9. The summed E-state index contributed by atoms with van der Waals surface area (Å²) < 4.78 is 13.3. The lowest BCUT2D eigenvalue weighted by molar-refractivity contribution is 0.236. The Morgan fingerprint density at radius 1 is 1.20 bits per heavy atom. The van der Waals surface area contributed by atoms with Gasteiger partial charge in [-0.1, -0.05) is 30.3 Å². The molecule has 4 rings (SSSR count). The Morgan fingerprint density at radius 3 is 2.83 bits per heavy atom. The van der Waals surface area contributed by atoms with Crippen LogP contribution in [0.25, 0.3) is 16.7 Å². The van der Waals surface area contributed by atoms with Gasteiger partial charge in [0.05, 0.1) is 24.5 Å². The molecule has 7 heteroatoms. The molecule has 2 heterocycles. The zero-order chi connectivity index (χ0) is 20.9. The highest BCUT2D eigenvalue weighted by atomic mass is 16.5. The van der Waals surface area contributed by atoms with Crippen LogP contribution in [0, 0.1) is 0 Å². The van der Waals surface area contributed by atoms with Crippen molar-refractivity contribution in [3.05, 3.63) is 78.3 Å². The summed E-state index contributed by atoms with van der Waals surface area (Å²) in [5, 5.41) is 11.0. The molecule has 154 valence electrons. The average Bonchev–Trinajstić information content (AvgIpc) is 3.41. The molecule has 0 saturated carbocycles. The van der Waals surface area contributed by atoms with Crippen LogP contribution in [-0.4, -0.2) is 22.4 Å². The monoisotopic (exact) mass is 404 g/mol. The summed E-state index contributed by atoms with van der Waals surface area (Å²) in [6.45, 7) is 4.75. The van der Waals surface area contributed by atoms with Crippen LogP contribution in [0.15, 0.2) is 71.4 Å². The van der Waals surface area contributed by atoms with Gasteiger partial charge >= 0.3 is 6.03 Å². The molecular weight excluding hydrogens is 380 g/mol. The number of para-hydroxylation sites is 2. The number of urea groups is 1. The third-order valence-corrected chi connectivity index (χ3v) is 4.71. The van der Waals surface area contributed by atoms with Gasteiger partial charge in [0.25, 0.3) is 0 Å². The number of carbonyl (C=O) groups excluding carboxylic acids is 1. The summed E-state index contributed by atoms with van der Waals surface area (Å²) in [4.78, 5) is 12.3. The van der Waals surface area contributed by atoms with Crippen LogP contribution in [0.2, 0.25) is 0 Å². The van der Waals surface area contributed by atoms with E-state index in [1.165, 1.54) is 0 Å². The predicted molar refractivity (Wildman–Crippen MR) is 115 cm³/mol. The topological polar surface area (TPSA) is 81.3 Å². The Morgan fingerprint density at radius 2 is 2.03 bits per heavy atom. The van der Waals surface area contributed by atoms with Crippen LogP contribution in [0.4, 0.5) is 4.79 Å². The number of furan rings is 1. The van der Waals surface area contributed by atoms with E-state index in [9.17, 15) is 4.79 Å². The Balaban J connectivity index is 1.36. The van der Waals surface area contributed by atoms with Gasteiger partial charge in [-0.2, -0.15) is 5.10 Å². The van der Waals surface area contributed by atoms with Gasteiger partial charge < -0.3 is 19.8 Å². The zero-order valence-corrected chi connectivity index (χ0v) is 17.0. The first-order valence-electron chi connectivity index (χ1n) is 9.92. The Bertz CT molecular complexity index is 1130. The van der Waals surface area contributed by atoms with Crippen LogP contribution in [-0.2, 0) is 6.54 Å². The molecular formula is C23H24N4O3. The summed E-state index contributed by atoms with van der Waals surface area (Å²) in [5.41, 5.74) is 2.57. The van der Waals surface area contributed by atoms with Crippen LogP contribution < -0.4 is 15.4 Å². The summed E-state index contributed by atoms with van der Waals surface area (Å²) in [6.07, 6.45) is 3.64. The van der Waals surface area contributed by atoms with Crippen molar-refractivity contribution in [1.29, 1.82) is 0 Å². The second kappa shape index (κ2) is 8.73. The lowest BCUT2D eigenvalue weighted by Gasteiger charge is -2.12. The van der Waals surface area contributed by atoms with E-state index < -0.39 is 0 Å². The number of ether oxygens (including phenoxy) is 1. The zero-order valence-electron chi connectivity index (χ0n) is 17.0. The molecule has 0 aliphatic rings. The normalized spacial score (nSPS) is 11.9. The smallest absolute Gasteiger partial charge is 0.315 e. The highest BCUT2D eigenvalue weighted by molar-refractivity contribution is 5.84. The molecule has 4 aromatic rings. The fraction of sp³-hybridized carbons (Fsp3) is 0.217. The number of amides is 2. The van der Waals surface area contributed by atoms with E-state index in [2.05, 4.69) is 15.7 Å². The summed E-state index contributed by atoms with van der Waals surface area (Å²) in [7, 11) is 0. The van der Waals surface area contributed by atoms with Gasteiger partial charge in [0.1, 0.15) is 5.76 Å². The minimum absolute atomic E-state index is 0.277. The Labute approximate surface area is 174 Å². The molecule has 2 amide bonds. The van der Waals surface area contributed by atoms with Gasteiger partial charge in [0, 0.05) is 23.7 Å². The van der Waals surface area contributed by atoms with Crippen LogP contribution in [0.5, 0.6) is 5.75 Å². The number of fused-ring (bicyclic) bond motifs is 1. The van der Waals surface area contributed by atoms with Crippen molar-refractivity contribution >= 4 is 17.0 Å². The lowest BCUT2D eigenvalue weighted by atomic mass is 10.2. The first-order chi connectivity index (χ1) is 14.6. The SMILES string of the molecule is CCOc1cccc2cc(C(C)NC(=O)NCc3cnn(-c4ccccc4)c3)oc12. The third kappa shape index (κ3) is 4.30. The molecule has 0 fully saturated rings. The largest absolute Gasteiger partial charge is 0.490 e. The minimum atomic E-state index is -0.293. The third-order valence-electron chi connectivity index (χ3n) is 4.71. The molecule has 2 aromatic heterocycles. The minimum Gasteiger partial charge on any atom is -0.490 e. The number of hydrogen-bond acceptors (Lipinski definition) is 4. The maximum atomic E-state index is 12.3. The second-order valence-electron chi connectivity index (χ2n) is 6.93. The molecule has 0 saturated heterocycles. The maximum absolute atomic E-state index is 12.3.